The van der Waals surface area contributed by atoms with Crippen LogP contribution in [0.1, 0.15) is 18.9 Å². The summed E-state index contributed by atoms with van der Waals surface area (Å²) in [7, 11) is 0. The van der Waals surface area contributed by atoms with E-state index in [0.717, 1.165) is 35.8 Å². The fraction of sp³-hybridized carbons (Fsp3) is 0.278. The Morgan fingerprint density at radius 1 is 1.23 bits per heavy atom. The molecular formula is C18H19ClN2O. The van der Waals surface area contributed by atoms with E-state index in [9.17, 15) is 4.79 Å². The Morgan fingerprint density at radius 3 is 2.77 bits per heavy atom. The Bertz CT molecular complexity index is 672. The van der Waals surface area contributed by atoms with Crippen LogP contribution in [-0.4, -0.2) is 18.5 Å². The van der Waals surface area contributed by atoms with Crippen LogP contribution in [0.3, 0.4) is 0 Å². The van der Waals surface area contributed by atoms with Crippen molar-refractivity contribution < 1.29 is 4.79 Å². The first-order chi connectivity index (χ1) is 10.6. The molecule has 4 heteroatoms. The lowest BCUT2D eigenvalue weighted by Gasteiger charge is -2.35. The Labute approximate surface area is 135 Å². The van der Waals surface area contributed by atoms with Crippen LogP contribution >= 0.6 is 11.6 Å². The second-order valence-corrected chi connectivity index (χ2v) is 6.04. The molecule has 1 heterocycles. The molecule has 0 radical (unpaired) electrons. The Balaban J connectivity index is 1.78. The van der Waals surface area contributed by atoms with Crippen molar-refractivity contribution >= 4 is 28.9 Å². The average molecular weight is 315 g/mol. The number of carbonyl (C=O) groups is 1. The highest BCUT2D eigenvalue weighted by atomic mass is 35.5. The number of amides is 1. The topological polar surface area (TPSA) is 32.3 Å². The fourth-order valence-corrected chi connectivity index (χ4v) is 3.10. The van der Waals surface area contributed by atoms with Crippen molar-refractivity contribution in [2.75, 3.05) is 16.8 Å². The number of halogens is 1. The van der Waals surface area contributed by atoms with Crippen LogP contribution < -0.4 is 10.2 Å². The number of benzene rings is 2. The van der Waals surface area contributed by atoms with E-state index >= 15 is 0 Å². The molecule has 0 spiro atoms. The summed E-state index contributed by atoms with van der Waals surface area (Å²) in [6.45, 7) is 2.83. The number of aryl methyl sites for hydroxylation is 1. The molecule has 2 aromatic rings. The van der Waals surface area contributed by atoms with Gasteiger partial charge in [-0.25, -0.2) is 0 Å². The molecule has 1 N–H and O–H groups in total. The average Bonchev–Trinajstić information content (AvgIpc) is 2.54. The standard InChI is InChI=1S/C18H19ClN2O/c1-13(18(22)20-16-7-3-2-4-8-16)21-11-5-6-14-12-15(19)9-10-17(14)21/h2-4,7-10,12-13H,5-6,11H2,1H3,(H,20,22). The first kappa shape index (κ1) is 14.9. The molecule has 0 aliphatic carbocycles. The molecule has 3 nitrogen and oxygen atoms in total. The van der Waals surface area contributed by atoms with Crippen LogP contribution in [0.5, 0.6) is 0 Å². The van der Waals surface area contributed by atoms with Crippen LogP contribution in [0.4, 0.5) is 11.4 Å². The van der Waals surface area contributed by atoms with E-state index in [1.807, 2.05) is 55.5 Å². The molecule has 0 saturated heterocycles. The molecule has 0 fully saturated rings. The highest BCUT2D eigenvalue weighted by Gasteiger charge is 2.26. The zero-order valence-electron chi connectivity index (χ0n) is 12.6. The van der Waals surface area contributed by atoms with Crippen LogP contribution in [0.25, 0.3) is 0 Å². The summed E-state index contributed by atoms with van der Waals surface area (Å²) < 4.78 is 0. The number of hydrogen-bond acceptors (Lipinski definition) is 2. The quantitative estimate of drug-likeness (QED) is 0.924. The van der Waals surface area contributed by atoms with Crippen molar-refractivity contribution in [3.8, 4) is 0 Å². The van der Waals surface area contributed by atoms with Crippen molar-refractivity contribution in [2.45, 2.75) is 25.8 Å². The molecule has 114 valence electrons. The third kappa shape index (κ3) is 3.09. The number of fused-ring (bicyclic) bond motifs is 1. The molecule has 1 atom stereocenters. The maximum Gasteiger partial charge on any atom is 0.246 e. The molecule has 0 bridgehead atoms. The second kappa shape index (κ2) is 6.41. The smallest absolute Gasteiger partial charge is 0.246 e. The summed E-state index contributed by atoms with van der Waals surface area (Å²) in [6.07, 6.45) is 2.05. The number of carbonyl (C=O) groups excluding carboxylic acids is 1. The molecule has 1 amide bonds. The van der Waals surface area contributed by atoms with E-state index in [1.165, 1.54) is 5.56 Å². The van der Waals surface area contributed by atoms with Crippen molar-refractivity contribution in [1.82, 2.24) is 0 Å². The van der Waals surface area contributed by atoms with Gasteiger partial charge in [-0.1, -0.05) is 29.8 Å². The lowest BCUT2D eigenvalue weighted by Crippen LogP contribution is -2.44. The van der Waals surface area contributed by atoms with Crippen LogP contribution in [-0.2, 0) is 11.2 Å². The maximum absolute atomic E-state index is 12.5. The normalized spacial score (nSPS) is 15.1. The number of hydrogen-bond donors (Lipinski definition) is 1. The van der Waals surface area contributed by atoms with Gasteiger partial charge in [0.1, 0.15) is 6.04 Å². The summed E-state index contributed by atoms with van der Waals surface area (Å²) in [5, 5.41) is 3.73. The highest BCUT2D eigenvalue weighted by Crippen LogP contribution is 2.31. The van der Waals surface area contributed by atoms with Gasteiger partial charge in [-0.3, -0.25) is 4.79 Å². The Morgan fingerprint density at radius 2 is 2.00 bits per heavy atom. The summed E-state index contributed by atoms with van der Waals surface area (Å²) >= 11 is 6.08. The van der Waals surface area contributed by atoms with Gasteiger partial charge < -0.3 is 10.2 Å². The largest absolute Gasteiger partial charge is 0.360 e. The number of para-hydroxylation sites is 1. The van der Waals surface area contributed by atoms with Gasteiger partial charge >= 0.3 is 0 Å². The van der Waals surface area contributed by atoms with Crippen molar-refractivity contribution in [3.05, 3.63) is 59.1 Å². The zero-order chi connectivity index (χ0) is 15.5. The molecule has 1 aliphatic rings. The molecule has 1 aliphatic heterocycles. The first-order valence-electron chi connectivity index (χ1n) is 7.56. The third-order valence-corrected chi connectivity index (χ3v) is 4.32. The molecular weight excluding hydrogens is 296 g/mol. The lowest BCUT2D eigenvalue weighted by molar-refractivity contribution is -0.117. The second-order valence-electron chi connectivity index (χ2n) is 5.60. The van der Waals surface area contributed by atoms with Crippen LogP contribution in [0.15, 0.2) is 48.5 Å². The Hall–Kier alpha value is -2.00. The van der Waals surface area contributed by atoms with Crippen molar-refractivity contribution in [3.63, 3.8) is 0 Å². The van der Waals surface area contributed by atoms with Gasteiger partial charge in [-0.15, -0.1) is 0 Å². The summed E-state index contributed by atoms with van der Waals surface area (Å²) in [5.74, 6) is 0.00833. The minimum Gasteiger partial charge on any atom is -0.360 e. The molecule has 2 aromatic carbocycles. The van der Waals surface area contributed by atoms with E-state index in [2.05, 4.69) is 10.2 Å². The SMILES string of the molecule is CC(C(=O)Nc1ccccc1)N1CCCc2cc(Cl)ccc21. The van der Waals surface area contributed by atoms with Gasteiger partial charge in [0, 0.05) is 22.9 Å². The van der Waals surface area contributed by atoms with E-state index < -0.39 is 0 Å². The summed E-state index contributed by atoms with van der Waals surface area (Å²) in [4.78, 5) is 14.7. The van der Waals surface area contributed by atoms with E-state index in [0.29, 0.717) is 0 Å². The highest BCUT2D eigenvalue weighted by molar-refractivity contribution is 6.30. The van der Waals surface area contributed by atoms with E-state index in [-0.39, 0.29) is 11.9 Å². The number of nitrogens with zero attached hydrogens (tertiary/aromatic N) is 1. The van der Waals surface area contributed by atoms with Gasteiger partial charge in [-0.05, 0) is 55.7 Å². The predicted octanol–water partition coefficient (Wildman–Crippen LogP) is 4.12. The number of rotatable bonds is 3. The summed E-state index contributed by atoms with van der Waals surface area (Å²) in [5.41, 5.74) is 3.16. The summed E-state index contributed by atoms with van der Waals surface area (Å²) in [6, 6.07) is 15.2. The third-order valence-electron chi connectivity index (χ3n) is 4.08. The van der Waals surface area contributed by atoms with Crippen molar-refractivity contribution in [1.29, 1.82) is 0 Å². The number of anilines is 2. The zero-order valence-corrected chi connectivity index (χ0v) is 13.3. The van der Waals surface area contributed by atoms with Gasteiger partial charge in [-0.2, -0.15) is 0 Å². The molecule has 1 unspecified atom stereocenters. The minimum absolute atomic E-state index is 0.00833. The maximum atomic E-state index is 12.5. The van der Waals surface area contributed by atoms with Gasteiger partial charge in [0.25, 0.3) is 0 Å². The van der Waals surface area contributed by atoms with Gasteiger partial charge in [0.15, 0.2) is 0 Å². The molecule has 0 saturated carbocycles. The minimum atomic E-state index is -0.222. The molecule has 0 aromatic heterocycles. The number of nitrogens with one attached hydrogen (secondary N) is 1. The first-order valence-corrected chi connectivity index (χ1v) is 7.94. The predicted molar refractivity (Wildman–Crippen MR) is 91.7 cm³/mol. The van der Waals surface area contributed by atoms with Crippen LogP contribution in [0, 0.1) is 0 Å². The van der Waals surface area contributed by atoms with Gasteiger partial charge in [0.05, 0.1) is 0 Å². The Kier molecular flexibility index (Phi) is 4.34. The lowest BCUT2D eigenvalue weighted by atomic mass is 10.00. The fourth-order valence-electron chi connectivity index (χ4n) is 2.91. The van der Waals surface area contributed by atoms with Crippen LogP contribution in [0.2, 0.25) is 5.02 Å². The van der Waals surface area contributed by atoms with E-state index in [4.69, 9.17) is 11.6 Å². The molecule has 3 rings (SSSR count). The monoisotopic (exact) mass is 314 g/mol. The van der Waals surface area contributed by atoms with Crippen molar-refractivity contribution in [2.24, 2.45) is 0 Å². The van der Waals surface area contributed by atoms with Gasteiger partial charge in [0.2, 0.25) is 5.91 Å². The van der Waals surface area contributed by atoms with E-state index in [1.54, 1.807) is 0 Å². The molecule has 22 heavy (non-hydrogen) atoms.